The summed E-state index contributed by atoms with van der Waals surface area (Å²) < 4.78 is 30.0. The molecule has 96 valence electrons. The summed E-state index contributed by atoms with van der Waals surface area (Å²) >= 11 is 3.08. The Hall–Kier alpha value is -1.55. The number of hydrogen-bond donors (Lipinski definition) is 0. The topological polar surface area (TPSA) is 63.0 Å². The van der Waals surface area contributed by atoms with Gasteiger partial charge in [-0.2, -0.15) is 5.26 Å². The Bertz CT molecular complexity index is 501. The minimum absolute atomic E-state index is 0.0466. The van der Waals surface area contributed by atoms with Crippen LogP contribution in [0.2, 0.25) is 0 Å². The summed E-state index contributed by atoms with van der Waals surface area (Å²) in [7, 11) is 0. The molecule has 0 aliphatic carbocycles. The van der Waals surface area contributed by atoms with E-state index >= 15 is 0 Å². The van der Waals surface area contributed by atoms with Crippen LogP contribution in [0.4, 0.5) is 8.78 Å². The molecule has 1 rings (SSSR count). The van der Waals surface area contributed by atoms with Gasteiger partial charge in [-0.3, -0.25) is 0 Å². The molecule has 0 aromatic carbocycles. The Balaban J connectivity index is 3.41. The van der Waals surface area contributed by atoms with Crippen molar-refractivity contribution in [2.24, 2.45) is 0 Å². The first kappa shape index (κ1) is 14.5. The maximum Gasteiger partial charge on any atom is 0.358 e. The van der Waals surface area contributed by atoms with Crippen LogP contribution in [0.25, 0.3) is 0 Å². The van der Waals surface area contributed by atoms with Gasteiger partial charge in [0.15, 0.2) is 5.69 Å². The van der Waals surface area contributed by atoms with E-state index in [-0.39, 0.29) is 28.8 Å². The molecule has 0 radical (unpaired) electrons. The quantitative estimate of drug-likeness (QED) is 0.632. The van der Waals surface area contributed by atoms with Crippen LogP contribution in [0.1, 0.15) is 40.7 Å². The zero-order valence-electron chi connectivity index (χ0n) is 9.41. The Morgan fingerprint density at radius 1 is 1.67 bits per heavy atom. The summed E-state index contributed by atoms with van der Waals surface area (Å²) in [4.78, 5) is 15.1. The number of nitriles is 1. The smallest absolute Gasteiger partial charge is 0.358 e. The number of carbonyl (C=O) groups is 1. The molecule has 0 unspecified atom stereocenters. The third-order valence-electron chi connectivity index (χ3n) is 2.07. The number of nitrogens with zero attached hydrogens (tertiary/aromatic N) is 2. The molecule has 0 aliphatic rings. The van der Waals surface area contributed by atoms with Crippen LogP contribution >= 0.6 is 15.9 Å². The zero-order chi connectivity index (χ0) is 13.7. The maximum atomic E-state index is 12.6. The molecule has 4 nitrogen and oxygen atoms in total. The number of carbonyl (C=O) groups excluding carboxylic acids is 1. The molecule has 1 heterocycles. The Morgan fingerprint density at radius 2 is 2.33 bits per heavy atom. The second-order valence-electron chi connectivity index (χ2n) is 3.20. The van der Waals surface area contributed by atoms with Gasteiger partial charge in [0, 0.05) is 5.33 Å². The largest absolute Gasteiger partial charge is 0.461 e. The summed E-state index contributed by atoms with van der Waals surface area (Å²) in [6.45, 7) is 1.65. The average molecular weight is 319 g/mol. The van der Waals surface area contributed by atoms with Gasteiger partial charge in [-0.15, -0.1) is 0 Å². The minimum Gasteiger partial charge on any atom is -0.461 e. The highest BCUT2D eigenvalue weighted by molar-refractivity contribution is 9.08. The van der Waals surface area contributed by atoms with Crippen molar-refractivity contribution >= 4 is 21.9 Å². The molecule has 0 bridgehead atoms. The number of pyridine rings is 1. The molecule has 0 saturated carbocycles. The molecule has 0 saturated heterocycles. The lowest BCUT2D eigenvalue weighted by atomic mass is 10.1. The standard InChI is InChI=1S/C11H9BrF2N2O2/c1-2-18-11(17)9-7(5-15)6(4-12)3-8(16-9)10(13)14/h3,10H,2,4H2,1H3. The first-order valence-corrected chi connectivity index (χ1v) is 6.12. The lowest BCUT2D eigenvalue weighted by Gasteiger charge is -2.09. The van der Waals surface area contributed by atoms with Crippen molar-refractivity contribution in [2.75, 3.05) is 6.61 Å². The molecule has 7 heteroatoms. The van der Waals surface area contributed by atoms with Crippen molar-refractivity contribution in [3.8, 4) is 6.07 Å². The lowest BCUT2D eigenvalue weighted by molar-refractivity contribution is 0.0517. The molecule has 0 atom stereocenters. The first-order chi connectivity index (χ1) is 8.54. The van der Waals surface area contributed by atoms with Gasteiger partial charge in [0.05, 0.1) is 12.2 Å². The fourth-order valence-electron chi connectivity index (χ4n) is 1.31. The number of ether oxygens (including phenoxy) is 1. The molecule has 0 spiro atoms. The third-order valence-corrected chi connectivity index (χ3v) is 2.67. The van der Waals surface area contributed by atoms with Gasteiger partial charge in [-0.25, -0.2) is 18.6 Å². The molecular weight excluding hydrogens is 310 g/mol. The highest BCUT2D eigenvalue weighted by Gasteiger charge is 2.22. The molecule has 1 aromatic heterocycles. The van der Waals surface area contributed by atoms with Crippen molar-refractivity contribution < 1.29 is 18.3 Å². The van der Waals surface area contributed by atoms with Gasteiger partial charge < -0.3 is 4.74 Å². The van der Waals surface area contributed by atoms with E-state index in [1.54, 1.807) is 13.0 Å². The van der Waals surface area contributed by atoms with E-state index in [1.807, 2.05) is 0 Å². The maximum absolute atomic E-state index is 12.6. The van der Waals surface area contributed by atoms with Crippen LogP contribution in [0.5, 0.6) is 0 Å². The Labute approximate surface area is 111 Å². The van der Waals surface area contributed by atoms with Crippen LogP contribution in [0.15, 0.2) is 6.07 Å². The monoisotopic (exact) mass is 318 g/mol. The molecular formula is C11H9BrF2N2O2. The van der Waals surface area contributed by atoms with Crippen molar-refractivity contribution in [3.05, 3.63) is 28.6 Å². The van der Waals surface area contributed by atoms with Gasteiger partial charge in [-0.1, -0.05) is 15.9 Å². The van der Waals surface area contributed by atoms with Crippen molar-refractivity contribution in [1.82, 2.24) is 4.98 Å². The van der Waals surface area contributed by atoms with Gasteiger partial charge in [-0.05, 0) is 18.6 Å². The van der Waals surface area contributed by atoms with Crippen molar-refractivity contribution in [2.45, 2.75) is 18.7 Å². The lowest BCUT2D eigenvalue weighted by Crippen LogP contribution is -2.13. The van der Waals surface area contributed by atoms with Gasteiger partial charge >= 0.3 is 5.97 Å². The van der Waals surface area contributed by atoms with Crippen LogP contribution in [-0.4, -0.2) is 17.6 Å². The Kier molecular flexibility index (Phi) is 5.16. The van der Waals surface area contributed by atoms with Crippen molar-refractivity contribution in [3.63, 3.8) is 0 Å². The number of esters is 1. The van der Waals surface area contributed by atoms with E-state index in [0.717, 1.165) is 6.07 Å². The second-order valence-corrected chi connectivity index (χ2v) is 3.76. The van der Waals surface area contributed by atoms with Crippen LogP contribution < -0.4 is 0 Å². The number of halogens is 3. The van der Waals surface area contributed by atoms with Gasteiger partial charge in [0.2, 0.25) is 0 Å². The average Bonchev–Trinajstić information content (AvgIpc) is 2.37. The third kappa shape index (κ3) is 3.01. The first-order valence-electron chi connectivity index (χ1n) is 5.00. The van der Waals surface area contributed by atoms with Crippen LogP contribution in [-0.2, 0) is 10.1 Å². The summed E-state index contributed by atoms with van der Waals surface area (Å²) in [5, 5.41) is 9.14. The highest BCUT2D eigenvalue weighted by atomic mass is 79.9. The Morgan fingerprint density at radius 3 is 2.78 bits per heavy atom. The zero-order valence-corrected chi connectivity index (χ0v) is 11.0. The summed E-state index contributed by atoms with van der Waals surface area (Å²) in [5.41, 5.74) is -0.682. The number of aromatic nitrogens is 1. The summed E-state index contributed by atoms with van der Waals surface area (Å²) in [6, 6.07) is 2.88. The van der Waals surface area contributed by atoms with E-state index in [9.17, 15) is 13.6 Å². The number of hydrogen-bond acceptors (Lipinski definition) is 4. The van der Waals surface area contributed by atoms with E-state index in [4.69, 9.17) is 10.00 Å². The van der Waals surface area contributed by atoms with E-state index < -0.39 is 18.1 Å². The number of alkyl halides is 3. The van der Waals surface area contributed by atoms with E-state index in [1.165, 1.54) is 0 Å². The molecule has 0 amide bonds. The fourth-order valence-corrected chi connectivity index (χ4v) is 1.75. The van der Waals surface area contributed by atoms with Crippen molar-refractivity contribution in [1.29, 1.82) is 5.26 Å². The van der Waals surface area contributed by atoms with Crippen LogP contribution in [0, 0.1) is 11.3 Å². The second kappa shape index (κ2) is 6.40. The molecule has 0 N–H and O–H groups in total. The summed E-state index contributed by atoms with van der Waals surface area (Å²) in [5.74, 6) is -0.876. The molecule has 0 fully saturated rings. The predicted octanol–water partition coefficient (Wildman–Crippen LogP) is 2.96. The highest BCUT2D eigenvalue weighted by Crippen LogP contribution is 2.23. The fraction of sp³-hybridized carbons (Fsp3) is 0.364. The minimum atomic E-state index is -2.82. The molecule has 1 aromatic rings. The summed E-state index contributed by atoms with van der Waals surface area (Å²) in [6.07, 6.45) is -2.82. The van der Waals surface area contributed by atoms with E-state index in [0.29, 0.717) is 0 Å². The number of rotatable bonds is 4. The van der Waals surface area contributed by atoms with Crippen LogP contribution in [0.3, 0.4) is 0 Å². The predicted molar refractivity (Wildman–Crippen MR) is 62.5 cm³/mol. The molecule has 18 heavy (non-hydrogen) atoms. The molecule has 0 aliphatic heterocycles. The van der Waals surface area contributed by atoms with Gasteiger partial charge in [0.25, 0.3) is 6.43 Å². The van der Waals surface area contributed by atoms with Gasteiger partial charge in [0.1, 0.15) is 11.8 Å². The van der Waals surface area contributed by atoms with E-state index in [2.05, 4.69) is 20.9 Å². The SMILES string of the molecule is CCOC(=O)c1nc(C(F)F)cc(CBr)c1C#N. The normalized spacial score (nSPS) is 10.2.